The van der Waals surface area contributed by atoms with Gasteiger partial charge in [-0.15, -0.1) is 3.89 Å². The lowest BCUT2D eigenvalue weighted by molar-refractivity contribution is 0.184. The molecule has 0 spiro atoms. The highest BCUT2D eigenvalue weighted by molar-refractivity contribution is 7.91. The third-order valence-corrected chi connectivity index (χ3v) is 2.69. The molecule has 1 rings (SSSR count). The van der Waals surface area contributed by atoms with Gasteiger partial charge in [0.1, 0.15) is 16.1 Å². The van der Waals surface area contributed by atoms with Gasteiger partial charge in [-0.05, 0) is 13.8 Å². The van der Waals surface area contributed by atoms with Gasteiger partial charge in [-0.2, -0.15) is 16.8 Å². The maximum atomic E-state index is 11.4. The second-order valence-electron chi connectivity index (χ2n) is 3.82. The van der Waals surface area contributed by atoms with Gasteiger partial charge in [0.05, 0.1) is 0 Å². The van der Waals surface area contributed by atoms with E-state index < -0.39 is 42.3 Å². The average Bonchev–Trinajstić information content (AvgIpc) is 3.10. The molecule has 25 heavy (non-hydrogen) atoms. The topological polar surface area (TPSA) is 156 Å². The van der Waals surface area contributed by atoms with Crippen LogP contribution in [0.3, 0.4) is 0 Å². The molecule has 0 aromatic carbocycles. The van der Waals surface area contributed by atoms with Crippen LogP contribution < -0.4 is 0 Å². The summed E-state index contributed by atoms with van der Waals surface area (Å²) in [6, 6.07) is 0. The first-order valence-electron chi connectivity index (χ1n) is 6.63. The first kappa shape index (κ1) is 32.2. The van der Waals surface area contributed by atoms with Crippen LogP contribution in [0.5, 0.6) is 0 Å². The van der Waals surface area contributed by atoms with E-state index in [1.54, 1.807) is 13.8 Å². The van der Waals surface area contributed by atoms with Crippen LogP contribution >= 0.6 is 0 Å². The molecular weight excluding hydrogens is 407 g/mol. The highest BCUT2D eigenvalue weighted by atomic mass is 32.3. The number of ether oxygens (including phenoxy) is 2. The molecule has 1 fully saturated rings. The number of rotatable bonds is 6. The van der Waals surface area contributed by atoms with Crippen molar-refractivity contribution in [2.24, 2.45) is 0 Å². The van der Waals surface area contributed by atoms with Crippen LogP contribution in [0.2, 0.25) is 0 Å². The Balaban J connectivity index is -0.000000122. The van der Waals surface area contributed by atoms with Crippen LogP contribution in [0.1, 0.15) is 34.1 Å². The molecule has 0 radical (unpaired) electrons. The zero-order chi connectivity index (χ0) is 19.9. The Hall–Kier alpha value is -0.510. The Kier molecular flexibility index (Phi) is 21.8. The standard InChI is InChI=1S/C3H7FO3S.C3H8O4S.C3H8.CH2O3S.CH3/c2*1-2-7-3-8(4,5)6;1-3-2;2-5(3)1-4-5;/h2-3H2,1H3;2-3H2,1H3,(H,4,5,6);3H2,1-2H3;1H2;1H3/q;;;;+1/p-1. The molecule has 1 aliphatic heterocycles. The van der Waals surface area contributed by atoms with Gasteiger partial charge in [-0.25, -0.2) is 12.6 Å². The van der Waals surface area contributed by atoms with Gasteiger partial charge in [0.25, 0.3) is 10.1 Å². The second-order valence-corrected chi connectivity index (χ2v) is 8.07. The summed E-state index contributed by atoms with van der Waals surface area (Å²) in [5, 5.41) is 0. The predicted octanol–water partition coefficient (Wildman–Crippen LogP) is 0.976. The minimum atomic E-state index is -4.41. The first-order chi connectivity index (χ1) is 10.7. The maximum Gasteiger partial charge on any atom is 0.326 e. The summed E-state index contributed by atoms with van der Waals surface area (Å²) in [7, 11) is -11.5. The monoisotopic (exact) mass is 434 g/mol. The van der Waals surface area contributed by atoms with E-state index in [4.69, 9.17) is 0 Å². The molecule has 1 aliphatic rings. The molecule has 0 atom stereocenters. The van der Waals surface area contributed by atoms with E-state index in [0.717, 1.165) is 0 Å². The SMILES string of the molecule is CCC.CCOCS(=O)(=O)F.CCOCS(=O)(=O)[O-].O=S1(=O)CO1.[CH3+]. The molecule has 10 nitrogen and oxygen atoms in total. The van der Waals surface area contributed by atoms with Crippen molar-refractivity contribution in [1.29, 1.82) is 0 Å². The summed E-state index contributed by atoms with van der Waals surface area (Å²) in [5.74, 6) is -1.62. The first-order valence-corrected chi connectivity index (χ1v) is 11.3. The van der Waals surface area contributed by atoms with E-state index in [0.29, 0.717) is 0 Å². The van der Waals surface area contributed by atoms with Crippen molar-refractivity contribution in [2.75, 3.05) is 31.0 Å². The van der Waals surface area contributed by atoms with Gasteiger partial charge in [-0.1, -0.05) is 20.3 Å². The lowest BCUT2D eigenvalue weighted by Gasteiger charge is -2.04. The molecule has 0 aromatic heterocycles. The van der Waals surface area contributed by atoms with E-state index in [1.807, 2.05) is 0 Å². The molecule has 0 unspecified atom stereocenters. The highest BCUT2D eigenvalue weighted by Crippen LogP contribution is 2.07. The van der Waals surface area contributed by atoms with Gasteiger partial charge in [0.2, 0.25) is 0 Å². The summed E-state index contributed by atoms with van der Waals surface area (Å²) in [4.78, 5) is 0. The van der Waals surface area contributed by atoms with E-state index in [2.05, 4.69) is 27.5 Å². The van der Waals surface area contributed by atoms with E-state index in [1.165, 1.54) is 6.42 Å². The zero-order valence-electron chi connectivity index (χ0n) is 14.9. The average molecular weight is 435 g/mol. The fourth-order valence-electron chi connectivity index (χ4n) is 0.408. The summed E-state index contributed by atoms with van der Waals surface area (Å²) < 4.78 is 91.2. The van der Waals surface area contributed by atoms with E-state index in [-0.39, 0.29) is 26.6 Å². The van der Waals surface area contributed by atoms with Gasteiger partial charge in [0.15, 0.2) is 11.9 Å². The highest BCUT2D eigenvalue weighted by Gasteiger charge is 2.27. The van der Waals surface area contributed by atoms with Crippen molar-refractivity contribution < 1.29 is 47.3 Å². The van der Waals surface area contributed by atoms with Gasteiger partial charge >= 0.3 is 10.2 Å². The Morgan fingerprint density at radius 2 is 1.28 bits per heavy atom. The van der Waals surface area contributed by atoms with Gasteiger partial charge in [-0.3, -0.25) is 0 Å². The number of hydrogen-bond acceptors (Lipinski definition) is 10. The van der Waals surface area contributed by atoms with Crippen molar-refractivity contribution in [3.05, 3.63) is 7.43 Å². The van der Waals surface area contributed by atoms with Gasteiger partial charge < -0.3 is 14.0 Å². The molecular formula is C11H27FO10S3. The smallest absolute Gasteiger partial charge is 0.326 e. The molecule has 1 heterocycles. The molecule has 0 bridgehead atoms. The molecule has 0 saturated carbocycles. The van der Waals surface area contributed by atoms with Crippen molar-refractivity contribution in [3.8, 4) is 0 Å². The summed E-state index contributed by atoms with van der Waals surface area (Å²) in [6.07, 6.45) is 1.25. The van der Waals surface area contributed by atoms with E-state index in [9.17, 15) is 33.7 Å². The van der Waals surface area contributed by atoms with Crippen LogP contribution in [-0.4, -0.2) is 60.8 Å². The summed E-state index contributed by atoms with van der Waals surface area (Å²) in [6.45, 7) is 7.92. The van der Waals surface area contributed by atoms with Crippen molar-refractivity contribution in [1.82, 2.24) is 0 Å². The van der Waals surface area contributed by atoms with Crippen LogP contribution in [0.4, 0.5) is 3.89 Å². The maximum absolute atomic E-state index is 11.4. The Labute approximate surface area is 150 Å². The van der Waals surface area contributed by atoms with Crippen molar-refractivity contribution in [3.63, 3.8) is 0 Å². The minimum Gasteiger partial charge on any atom is -0.746 e. The normalized spacial score (nSPS) is 14.2. The number of hydrogen-bond donors (Lipinski definition) is 0. The lowest BCUT2D eigenvalue weighted by Crippen LogP contribution is -2.07. The third-order valence-electron chi connectivity index (χ3n) is 1.17. The van der Waals surface area contributed by atoms with E-state index >= 15 is 0 Å². The van der Waals surface area contributed by atoms with Crippen LogP contribution in [0, 0.1) is 7.43 Å². The molecule has 0 N–H and O–H groups in total. The second kappa shape index (κ2) is 16.9. The Bertz CT molecular complexity index is 538. The molecule has 0 amide bonds. The summed E-state index contributed by atoms with van der Waals surface area (Å²) >= 11 is 0. The molecule has 0 aliphatic carbocycles. The van der Waals surface area contributed by atoms with Gasteiger partial charge in [0, 0.05) is 20.6 Å². The lowest BCUT2D eigenvalue weighted by atomic mass is 10.6. The van der Waals surface area contributed by atoms with Crippen molar-refractivity contribution >= 4 is 30.5 Å². The van der Waals surface area contributed by atoms with Crippen LogP contribution in [0.15, 0.2) is 0 Å². The van der Waals surface area contributed by atoms with Crippen molar-refractivity contribution in [2.45, 2.75) is 34.1 Å². The summed E-state index contributed by atoms with van der Waals surface area (Å²) in [5.41, 5.74) is 0. The largest absolute Gasteiger partial charge is 0.746 e. The van der Waals surface area contributed by atoms with Crippen LogP contribution in [-0.2, 0) is 44.1 Å². The Morgan fingerprint density at radius 3 is 1.36 bits per heavy atom. The Morgan fingerprint density at radius 1 is 1.00 bits per heavy atom. The van der Waals surface area contributed by atoms with Crippen LogP contribution in [0.25, 0.3) is 0 Å². The predicted molar refractivity (Wildman–Crippen MR) is 90.0 cm³/mol. The zero-order valence-corrected chi connectivity index (χ0v) is 17.4. The number of halogens is 1. The molecule has 1 saturated heterocycles. The molecule has 156 valence electrons. The quantitative estimate of drug-likeness (QED) is 0.255. The fraction of sp³-hybridized carbons (Fsp3) is 0.909. The fourth-order valence-corrected chi connectivity index (χ4v) is 1.46. The third kappa shape index (κ3) is 51.7. The minimum absolute atomic E-state index is 0. The molecule has 14 heteroatoms. The molecule has 0 aromatic rings.